The standard InChI is InChI=1S/C21H14O5/c1-2-25-21(24)20-16-15(19(26-20)12-8-4-3-5-9-12)17(22)13-10-6-7-11-14(13)18(16)23/h3-11H,2H2,1H3. The van der Waals surface area contributed by atoms with Gasteiger partial charge >= 0.3 is 5.97 Å². The molecular weight excluding hydrogens is 332 g/mol. The zero-order chi connectivity index (χ0) is 18.3. The quantitative estimate of drug-likeness (QED) is 0.526. The lowest BCUT2D eigenvalue weighted by Crippen LogP contribution is -2.22. The second-order valence-corrected chi connectivity index (χ2v) is 5.80. The Morgan fingerprint density at radius 2 is 1.46 bits per heavy atom. The van der Waals surface area contributed by atoms with Crippen LogP contribution in [0, 0.1) is 0 Å². The number of esters is 1. The number of hydrogen-bond acceptors (Lipinski definition) is 5. The first-order valence-electron chi connectivity index (χ1n) is 8.21. The van der Waals surface area contributed by atoms with E-state index in [9.17, 15) is 14.4 Å². The van der Waals surface area contributed by atoms with Crippen LogP contribution in [0.2, 0.25) is 0 Å². The Bertz CT molecular complexity index is 1040. The number of benzene rings is 2. The predicted molar refractivity (Wildman–Crippen MR) is 93.4 cm³/mol. The summed E-state index contributed by atoms with van der Waals surface area (Å²) in [7, 11) is 0. The van der Waals surface area contributed by atoms with Crippen LogP contribution in [0.5, 0.6) is 0 Å². The summed E-state index contributed by atoms with van der Waals surface area (Å²) >= 11 is 0. The number of fused-ring (bicyclic) bond motifs is 2. The van der Waals surface area contributed by atoms with Crippen molar-refractivity contribution in [3.63, 3.8) is 0 Å². The molecule has 1 aliphatic carbocycles. The summed E-state index contributed by atoms with van der Waals surface area (Å²) in [6.45, 7) is 1.79. The van der Waals surface area contributed by atoms with Crippen molar-refractivity contribution in [2.24, 2.45) is 0 Å². The summed E-state index contributed by atoms with van der Waals surface area (Å²) in [5.41, 5.74) is 1.27. The predicted octanol–water partition coefficient (Wildman–Crippen LogP) is 3.90. The molecule has 0 fully saturated rings. The van der Waals surface area contributed by atoms with Crippen molar-refractivity contribution in [2.45, 2.75) is 6.92 Å². The van der Waals surface area contributed by atoms with Gasteiger partial charge in [-0.2, -0.15) is 0 Å². The highest BCUT2D eigenvalue weighted by molar-refractivity contribution is 6.32. The highest BCUT2D eigenvalue weighted by Crippen LogP contribution is 2.38. The number of hydrogen-bond donors (Lipinski definition) is 0. The molecule has 1 aromatic heterocycles. The lowest BCUT2D eigenvalue weighted by molar-refractivity contribution is 0.0487. The van der Waals surface area contributed by atoms with Crippen LogP contribution in [-0.2, 0) is 4.74 Å². The molecule has 3 aromatic rings. The number of furan rings is 1. The Hall–Kier alpha value is -3.47. The van der Waals surface area contributed by atoms with Gasteiger partial charge in [0.15, 0.2) is 11.6 Å². The normalized spacial score (nSPS) is 12.5. The molecule has 5 nitrogen and oxygen atoms in total. The van der Waals surface area contributed by atoms with E-state index in [1.807, 2.05) is 6.07 Å². The largest absolute Gasteiger partial charge is 0.460 e. The molecule has 26 heavy (non-hydrogen) atoms. The maximum atomic E-state index is 13.1. The van der Waals surface area contributed by atoms with Crippen LogP contribution < -0.4 is 0 Å². The van der Waals surface area contributed by atoms with Crippen molar-refractivity contribution in [3.05, 3.63) is 82.6 Å². The molecule has 0 radical (unpaired) electrons. The molecule has 0 unspecified atom stereocenters. The van der Waals surface area contributed by atoms with E-state index in [2.05, 4.69) is 0 Å². The topological polar surface area (TPSA) is 73.6 Å². The van der Waals surface area contributed by atoms with Crippen molar-refractivity contribution in [2.75, 3.05) is 6.61 Å². The smallest absolute Gasteiger partial charge is 0.375 e. The van der Waals surface area contributed by atoms with Gasteiger partial charge in [0, 0.05) is 16.7 Å². The fourth-order valence-electron chi connectivity index (χ4n) is 3.15. The number of ether oxygens (including phenoxy) is 1. The van der Waals surface area contributed by atoms with E-state index < -0.39 is 11.8 Å². The van der Waals surface area contributed by atoms with Gasteiger partial charge in [0.1, 0.15) is 5.76 Å². The monoisotopic (exact) mass is 346 g/mol. The number of carbonyl (C=O) groups is 3. The Morgan fingerprint density at radius 1 is 0.885 bits per heavy atom. The molecule has 1 heterocycles. The second kappa shape index (κ2) is 6.11. The van der Waals surface area contributed by atoms with Crippen molar-refractivity contribution < 1.29 is 23.5 Å². The van der Waals surface area contributed by atoms with Gasteiger partial charge in [-0.15, -0.1) is 0 Å². The molecule has 0 amide bonds. The lowest BCUT2D eigenvalue weighted by atomic mass is 9.83. The fourth-order valence-corrected chi connectivity index (χ4v) is 3.15. The third kappa shape index (κ3) is 2.29. The molecule has 1 aliphatic rings. The third-order valence-electron chi connectivity index (χ3n) is 4.28. The summed E-state index contributed by atoms with van der Waals surface area (Å²) < 4.78 is 10.7. The average molecular weight is 346 g/mol. The molecule has 0 aliphatic heterocycles. The Balaban J connectivity index is 2.02. The molecule has 0 atom stereocenters. The van der Waals surface area contributed by atoms with Gasteiger partial charge in [0.25, 0.3) is 0 Å². The summed E-state index contributed by atoms with van der Waals surface area (Å²) in [5.74, 6) is -1.53. The first kappa shape index (κ1) is 16.0. The first-order chi connectivity index (χ1) is 12.6. The lowest BCUT2D eigenvalue weighted by Gasteiger charge is -2.14. The minimum Gasteiger partial charge on any atom is -0.460 e. The van der Waals surface area contributed by atoms with Crippen LogP contribution in [0.25, 0.3) is 11.3 Å². The fraction of sp³-hybridized carbons (Fsp3) is 0.0952. The summed E-state index contributed by atoms with van der Waals surface area (Å²) in [5, 5.41) is 0. The molecule has 0 saturated heterocycles. The van der Waals surface area contributed by atoms with Gasteiger partial charge in [-0.05, 0) is 6.92 Å². The summed E-state index contributed by atoms with van der Waals surface area (Å²) in [6, 6.07) is 15.5. The highest BCUT2D eigenvalue weighted by atomic mass is 16.5. The molecule has 0 spiro atoms. The van der Waals surface area contributed by atoms with E-state index in [1.165, 1.54) is 0 Å². The first-order valence-corrected chi connectivity index (χ1v) is 8.21. The number of carbonyl (C=O) groups excluding carboxylic acids is 3. The van der Waals surface area contributed by atoms with Crippen molar-refractivity contribution in [1.82, 2.24) is 0 Å². The van der Waals surface area contributed by atoms with Crippen LogP contribution in [-0.4, -0.2) is 24.1 Å². The second-order valence-electron chi connectivity index (χ2n) is 5.80. The van der Waals surface area contributed by atoms with Crippen molar-refractivity contribution in [3.8, 4) is 11.3 Å². The maximum Gasteiger partial charge on any atom is 0.375 e. The maximum absolute atomic E-state index is 13.1. The van der Waals surface area contributed by atoms with Gasteiger partial charge in [-0.25, -0.2) is 4.79 Å². The average Bonchev–Trinajstić information content (AvgIpc) is 3.08. The van der Waals surface area contributed by atoms with Gasteiger partial charge in [-0.1, -0.05) is 54.6 Å². The van der Waals surface area contributed by atoms with Crippen LogP contribution in [0.1, 0.15) is 49.3 Å². The van der Waals surface area contributed by atoms with Crippen LogP contribution in [0.4, 0.5) is 0 Å². The molecule has 5 heteroatoms. The zero-order valence-electron chi connectivity index (χ0n) is 13.9. The van der Waals surface area contributed by atoms with Gasteiger partial charge < -0.3 is 9.15 Å². The molecular formula is C21H14O5. The van der Waals surface area contributed by atoms with Gasteiger partial charge in [0.05, 0.1) is 17.7 Å². The van der Waals surface area contributed by atoms with Crippen LogP contribution in [0.15, 0.2) is 59.0 Å². The Labute approximate surface area is 149 Å². The van der Waals surface area contributed by atoms with E-state index in [1.54, 1.807) is 55.5 Å². The Kier molecular flexibility index (Phi) is 3.77. The van der Waals surface area contributed by atoms with E-state index in [4.69, 9.17) is 9.15 Å². The molecule has 0 N–H and O–H groups in total. The molecule has 0 bridgehead atoms. The third-order valence-corrected chi connectivity index (χ3v) is 4.28. The minimum absolute atomic E-state index is 0.0222. The van der Waals surface area contributed by atoms with Crippen molar-refractivity contribution in [1.29, 1.82) is 0 Å². The molecule has 128 valence electrons. The SMILES string of the molecule is CCOC(=O)c1oc(-c2ccccc2)c2c1C(=O)c1ccccc1C2=O. The molecule has 4 rings (SSSR count). The number of ketones is 2. The Morgan fingerprint density at radius 3 is 2.08 bits per heavy atom. The zero-order valence-corrected chi connectivity index (χ0v) is 13.9. The van der Waals surface area contributed by atoms with E-state index in [0.29, 0.717) is 11.1 Å². The number of rotatable bonds is 3. The minimum atomic E-state index is -0.758. The summed E-state index contributed by atoms with van der Waals surface area (Å²) in [6.07, 6.45) is 0. The van der Waals surface area contributed by atoms with Crippen molar-refractivity contribution >= 4 is 17.5 Å². The van der Waals surface area contributed by atoms with Gasteiger partial charge in [-0.3, -0.25) is 9.59 Å². The molecule has 0 saturated carbocycles. The van der Waals surface area contributed by atoms with Crippen LogP contribution in [0.3, 0.4) is 0 Å². The van der Waals surface area contributed by atoms with E-state index in [0.717, 1.165) is 0 Å². The molecule has 2 aromatic carbocycles. The summed E-state index contributed by atoms with van der Waals surface area (Å²) in [4.78, 5) is 38.4. The van der Waals surface area contributed by atoms with Gasteiger partial charge in [0.2, 0.25) is 5.76 Å². The van der Waals surface area contributed by atoms with Crippen LogP contribution >= 0.6 is 0 Å². The highest BCUT2D eigenvalue weighted by Gasteiger charge is 2.40. The van der Waals surface area contributed by atoms with E-state index >= 15 is 0 Å². The van der Waals surface area contributed by atoms with E-state index in [-0.39, 0.29) is 40.6 Å².